The zero-order valence-electron chi connectivity index (χ0n) is 10.3. The first-order chi connectivity index (χ1) is 8.38. The molecule has 1 heterocycles. The van der Waals surface area contributed by atoms with E-state index in [1.54, 1.807) is 18.4 Å². The van der Waals surface area contributed by atoms with E-state index in [9.17, 15) is 0 Å². The largest absolute Gasteiger partial charge is 0.385 e. The number of hydrogen-bond donors (Lipinski definition) is 1. The molecule has 2 N–H and O–H groups in total. The third kappa shape index (κ3) is 6.14. The van der Waals surface area contributed by atoms with Crippen molar-refractivity contribution in [2.24, 2.45) is 5.73 Å². The Morgan fingerprint density at radius 1 is 1.29 bits per heavy atom. The van der Waals surface area contributed by atoms with Crippen LogP contribution in [0, 0.1) is 0 Å². The maximum Gasteiger partial charge on any atom is 0.104 e. The summed E-state index contributed by atoms with van der Waals surface area (Å²) in [5, 5.41) is 2.03. The van der Waals surface area contributed by atoms with E-state index in [1.807, 2.05) is 17.5 Å². The van der Waals surface area contributed by atoms with Gasteiger partial charge in [-0.15, -0.1) is 11.3 Å². The van der Waals surface area contributed by atoms with Crippen molar-refractivity contribution in [2.45, 2.75) is 12.5 Å². The zero-order chi connectivity index (χ0) is 12.3. The van der Waals surface area contributed by atoms with Crippen molar-refractivity contribution in [2.75, 3.05) is 40.1 Å². The fraction of sp³-hybridized carbons (Fsp3) is 0.667. The van der Waals surface area contributed by atoms with Gasteiger partial charge in [-0.25, -0.2) is 0 Å². The molecular weight excluding hydrogens is 238 g/mol. The standard InChI is InChI=1S/C12H21NO3S/c1-14-5-3-6-15-7-8-16-11(10-13)12-4-2-9-17-12/h2,4,9,11H,3,5-8,10,13H2,1H3. The molecule has 0 aliphatic heterocycles. The summed E-state index contributed by atoms with van der Waals surface area (Å²) in [7, 11) is 1.69. The van der Waals surface area contributed by atoms with Crippen LogP contribution >= 0.6 is 11.3 Å². The zero-order valence-corrected chi connectivity index (χ0v) is 11.1. The number of hydrogen-bond acceptors (Lipinski definition) is 5. The Morgan fingerprint density at radius 2 is 2.18 bits per heavy atom. The molecule has 1 atom stereocenters. The molecular formula is C12H21NO3S. The molecule has 1 unspecified atom stereocenters. The molecule has 0 spiro atoms. The Balaban J connectivity index is 2.04. The van der Waals surface area contributed by atoms with Crippen LogP contribution < -0.4 is 5.73 Å². The highest BCUT2D eigenvalue weighted by Gasteiger charge is 2.10. The fourth-order valence-corrected chi connectivity index (χ4v) is 2.18. The average molecular weight is 259 g/mol. The minimum atomic E-state index is -0.00225. The van der Waals surface area contributed by atoms with Crippen molar-refractivity contribution < 1.29 is 14.2 Å². The lowest BCUT2D eigenvalue weighted by Gasteiger charge is -2.14. The Kier molecular flexibility index (Phi) is 8.21. The van der Waals surface area contributed by atoms with Crippen molar-refractivity contribution in [1.82, 2.24) is 0 Å². The van der Waals surface area contributed by atoms with Crippen molar-refractivity contribution in [3.8, 4) is 0 Å². The second-order valence-corrected chi connectivity index (χ2v) is 4.55. The molecule has 0 saturated carbocycles. The summed E-state index contributed by atoms with van der Waals surface area (Å²) in [5.41, 5.74) is 5.67. The minimum absolute atomic E-state index is 0.00225. The third-order valence-corrected chi connectivity index (χ3v) is 3.22. The van der Waals surface area contributed by atoms with Crippen molar-refractivity contribution in [3.63, 3.8) is 0 Å². The second kappa shape index (κ2) is 9.56. The first kappa shape index (κ1) is 14.6. The normalized spacial score (nSPS) is 12.8. The summed E-state index contributed by atoms with van der Waals surface area (Å²) in [4.78, 5) is 1.17. The van der Waals surface area contributed by atoms with Crippen LogP contribution in [0.1, 0.15) is 17.4 Å². The molecule has 0 aliphatic rings. The van der Waals surface area contributed by atoms with Crippen LogP contribution in [-0.2, 0) is 14.2 Å². The topological polar surface area (TPSA) is 53.7 Å². The Morgan fingerprint density at radius 3 is 2.82 bits per heavy atom. The molecule has 0 saturated heterocycles. The predicted octanol–water partition coefficient (Wildman–Crippen LogP) is 1.82. The summed E-state index contributed by atoms with van der Waals surface area (Å²) >= 11 is 1.67. The van der Waals surface area contributed by atoms with Gasteiger partial charge < -0.3 is 19.9 Å². The molecule has 0 bridgehead atoms. The highest BCUT2D eigenvalue weighted by molar-refractivity contribution is 7.10. The number of methoxy groups -OCH3 is 1. The summed E-state index contributed by atoms with van der Waals surface area (Å²) in [5.74, 6) is 0. The van der Waals surface area contributed by atoms with Crippen molar-refractivity contribution >= 4 is 11.3 Å². The number of ether oxygens (including phenoxy) is 3. The lowest BCUT2D eigenvalue weighted by atomic mass is 10.3. The summed E-state index contributed by atoms with van der Waals surface area (Å²) < 4.78 is 16.0. The molecule has 0 amide bonds. The van der Waals surface area contributed by atoms with E-state index in [0.717, 1.165) is 13.0 Å². The molecule has 0 fully saturated rings. The van der Waals surface area contributed by atoms with Crippen LogP contribution in [0.4, 0.5) is 0 Å². The first-order valence-electron chi connectivity index (χ1n) is 5.80. The average Bonchev–Trinajstić information content (AvgIpc) is 2.86. The second-order valence-electron chi connectivity index (χ2n) is 3.57. The summed E-state index contributed by atoms with van der Waals surface area (Å²) in [6, 6.07) is 4.05. The van der Waals surface area contributed by atoms with E-state index < -0.39 is 0 Å². The van der Waals surface area contributed by atoms with Gasteiger partial charge in [0.1, 0.15) is 6.10 Å². The van der Waals surface area contributed by atoms with Crippen LogP contribution in [0.15, 0.2) is 17.5 Å². The molecule has 1 aromatic heterocycles. The van der Waals surface area contributed by atoms with Crippen LogP contribution in [0.5, 0.6) is 0 Å². The van der Waals surface area contributed by atoms with Gasteiger partial charge in [-0.3, -0.25) is 0 Å². The van der Waals surface area contributed by atoms with Gasteiger partial charge in [-0.05, 0) is 17.9 Å². The lowest BCUT2D eigenvalue weighted by molar-refractivity contribution is 0.00520. The van der Waals surface area contributed by atoms with Gasteiger partial charge in [0.2, 0.25) is 0 Å². The quantitative estimate of drug-likeness (QED) is 0.651. The fourth-order valence-electron chi connectivity index (χ4n) is 1.40. The van der Waals surface area contributed by atoms with Crippen LogP contribution in [-0.4, -0.2) is 40.1 Å². The van der Waals surface area contributed by atoms with Crippen LogP contribution in [0.25, 0.3) is 0 Å². The molecule has 5 heteroatoms. The first-order valence-corrected chi connectivity index (χ1v) is 6.68. The van der Waals surface area contributed by atoms with Crippen LogP contribution in [0.3, 0.4) is 0 Å². The van der Waals surface area contributed by atoms with E-state index in [4.69, 9.17) is 19.9 Å². The van der Waals surface area contributed by atoms with E-state index in [1.165, 1.54) is 4.88 Å². The van der Waals surface area contributed by atoms with Gasteiger partial charge >= 0.3 is 0 Å². The van der Waals surface area contributed by atoms with Gasteiger partial charge in [-0.1, -0.05) is 6.07 Å². The van der Waals surface area contributed by atoms with Crippen LogP contribution in [0.2, 0.25) is 0 Å². The van der Waals surface area contributed by atoms with Crippen molar-refractivity contribution in [1.29, 1.82) is 0 Å². The molecule has 4 nitrogen and oxygen atoms in total. The minimum Gasteiger partial charge on any atom is -0.385 e. The summed E-state index contributed by atoms with van der Waals surface area (Å²) in [6.45, 7) is 3.13. The van der Waals surface area contributed by atoms with E-state index in [0.29, 0.717) is 26.4 Å². The molecule has 1 rings (SSSR count). The van der Waals surface area contributed by atoms with E-state index in [-0.39, 0.29) is 6.10 Å². The number of nitrogens with two attached hydrogens (primary N) is 1. The lowest BCUT2D eigenvalue weighted by Crippen LogP contribution is -2.17. The maximum absolute atomic E-state index is 5.67. The Hall–Kier alpha value is -0.460. The SMILES string of the molecule is COCCCOCCOC(CN)c1cccs1. The van der Waals surface area contributed by atoms with Gasteiger partial charge in [0.15, 0.2) is 0 Å². The van der Waals surface area contributed by atoms with Gasteiger partial charge in [-0.2, -0.15) is 0 Å². The third-order valence-electron chi connectivity index (χ3n) is 2.26. The highest BCUT2D eigenvalue weighted by Crippen LogP contribution is 2.21. The van der Waals surface area contributed by atoms with E-state index in [2.05, 4.69) is 0 Å². The molecule has 1 aromatic rings. The summed E-state index contributed by atoms with van der Waals surface area (Å²) in [6.07, 6.45) is 0.916. The van der Waals surface area contributed by atoms with Gasteiger partial charge in [0, 0.05) is 31.7 Å². The molecule has 0 radical (unpaired) electrons. The molecule has 0 aromatic carbocycles. The monoisotopic (exact) mass is 259 g/mol. The molecule has 0 aliphatic carbocycles. The van der Waals surface area contributed by atoms with Gasteiger partial charge in [0.05, 0.1) is 13.2 Å². The Bertz CT molecular complexity index is 267. The van der Waals surface area contributed by atoms with Gasteiger partial charge in [0.25, 0.3) is 0 Å². The smallest absolute Gasteiger partial charge is 0.104 e. The number of rotatable bonds is 10. The Labute approximate surface area is 107 Å². The predicted molar refractivity (Wildman–Crippen MR) is 69.4 cm³/mol. The molecule has 17 heavy (non-hydrogen) atoms. The highest BCUT2D eigenvalue weighted by atomic mass is 32.1. The molecule has 98 valence electrons. The van der Waals surface area contributed by atoms with E-state index >= 15 is 0 Å². The van der Waals surface area contributed by atoms with Crippen molar-refractivity contribution in [3.05, 3.63) is 22.4 Å². The maximum atomic E-state index is 5.67. The number of thiophene rings is 1.